The van der Waals surface area contributed by atoms with Gasteiger partial charge in [-0.05, 0) is 18.4 Å². The minimum absolute atomic E-state index is 0.124. The van der Waals surface area contributed by atoms with Crippen molar-refractivity contribution >= 4 is 12.1 Å². The van der Waals surface area contributed by atoms with Gasteiger partial charge >= 0.3 is 6.18 Å². The van der Waals surface area contributed by atoms with Crippen molar-refractivity contribution in [2.24, 2.45) is 10.1 Å². The van der Waals surface area contributed by atoms with E-state index in [1.165, 1.54) is 6.21 Å². The van der Waals surface area contributed by atoms with Gasteiger partial charge in [0.2, 0.25) is 5.84 Å². The van der Waals surface area contributed by atoms with Gasteiger partial charge in [0, 0.05) is 32.9 Å². The number of aliphatic imine (C=N–C) groups is 1. The summed E-state index contributed by atoms with van der Waals surface area (Å²) < 4.78 is 38.4. The van der Waals surface area contributed by atoms with Crippen LogP contribution in [0.4, 0.5) is 13.2 Å². The Morgan fingerprint density at radius 3 is 2.58 bits per heavy atom. The first kappa shape index (κ1) is 15.0. The molecule has 1 aliphatic heterocycles. The molecule has 1 aliphatic rings. The van der Waals surface area contributed by atoms with Crippen LogP contribution in [0, 0.1) is 0 Å². The van der Waals surface area contributed by atoms with E-state index in [2.05, 4.69) is 16.7 Å². The van der Waals surface area contributed by atoms with Gasteiger partial charge in [-0.3, -0.25) is 4.99 Å². The number of hydrazone groups is 1. The first-order valence-corrected chi connectivity index (χ1v) is 5.39. The molecule has 104 valence electrons. The lowest BCUT2D eigenvalue weighted by Gasteiger charge is -2.26. The van der Waals surface area contributed by atoms with Gasteiger partial charge in [0.05, 0.1) is 5.70 Å². The fraction of sp³-hybridized carbons (Fsp3) is 0.333. The summed E-state index contributed by atoms with van der Waals surface area (Å²) in [7, 11) is 4.69. The van der Waals surface area contributed by atoms with E-state index in [4.69, 9.17) is 0 Å². The molecule has 0 fully saturated rings. The quantitative estimate of drug-likeness (QED) is 0.571. The summed E-state index contributed by atoms with van der Waals surface area (Å²) in [6.07, 6.45) is 1.65. The van der Waals surface area contributed by atoms with Crippen molar-refractivity contribution in [3.63, 3.8) is 0 Å². The molecule has 1 rings (SSSR count). The second-order valence-corrected chi connectivity index (χ2v) is 3.97. The molecule has 0 N–H and O–H groups in total. The molecule has 0 saturated carbocycles. The molecule has 0 aliphatic carbocycles. The van der Waals surface area contributed by atoms with Crippen LogP contribution in [0.5, 0.6) is 0 Å². The maximum Gasteiger partial charge on any atom is 0.451 e. The Bertz CT molecular complexity index is 470. The van der Waals surface area contributed by atoms with Gasteiger partial charge in [-0.1, -0.05) is 6.58 Å². The van der Waals surface area contributed by atoms with Crippen LogP contribution in [0.15, 0.2) is 46.3 Å². The SMILES string of the molecule is C=C1C(/C=C/N(C)C)=CC=NN1C(=NC)C(F)(F)F. The van der Waals surface area contributed by atoms with Crippen molar-refractivity contribution in [1.29, 1.82) is 0 Å². The van der Waals surface area contributed by atoms with E-state index in [0.717, 1.165) is 7.05 Å². The molecule has 0 aromatic heterocycles. The van der Waals surface area contributed by atoms with E-state index < -0.39 is 12.0 Å². The number of halogens is 3. The molecule has 0 unspecified atom stereocenters. The highest BCUT2D eigenvalue weighted by Gasteiger charge is 2.41. The molecule has 0 radical (unpaired) electrons. The molecule has 0 aromatic rings. The summed E-state index contributed by atoms with van der Waals surface area (Å²) in [6, 6.07) is 0. The number of amidine groups is 1. The fourth-order valence-electron chi connectivity index (χ4n) is 1.37. The molecule has 19 heavy (non-hydrogen) atoms. The average Bonchev–Trinajstić information content (AvgIpc) is 2.28. The van der Waals surface area contributed by atoms with Crippen molar-refractivity contribution in [2.45, 2.75) is 6.18 Å². The molecular formula is C12H15F3N4. The Kier molecular flexibility index (Phi) is 4.52. The van der Waals surface area contributed by atoms with Gasteiger partial charge in [0.15, 0.2) is 0 Å². The monoisotopic (exact) mass is 272 g/mol. The summed E-state index contributed by atoms with van der Waals surface area (Å²) in [5.74, 6) is -1.10. The Labute approximate surface area is 109 Å². The first-order chi connectivity index (χ1) is 8.77. The molecule has 0 spiro atoms. The third-order valence-corrected chi connectivity index (χ3v) is 2.24. The zero-order valence-corrected chi connectivity index (χ0v) is 10.9. The van der Waals surface area contributed by atoms with Gasteiger partial charge in [-0.2, -0.15) is 18.3 Å². The average molecular weight is 272 g/mol. The second kappa shape index (κ2) is 5.73. The summed E-state index contributed by atoms with van der Waals surface area (Å²) in [6.45, 7) is 3.63. The predicted molar refractivity (Wildman–Crippen MR) is 69.8 cm³/mol. The number of rotatable bonds is 2. The summed E-state index contributed by atoms with van der Waals surface area (Å²) in [5.41, 5.74) is 0.660. The standard InChI is InChI=1S/C12H15F3N4/c1-9-10(6-8-18(3)4)5-7-17-19(9)11(16-2)12(13,14)15/h5-8H,1H2,2-4H3/b8-6+,16-11?. The van der Waals surface area contributed by atoms with E-state index >= 15 is 0 Å². The number of alkyl halides is 3. The van der Waals surface area contributed by atoms with E-state index in [0.29, 0.717) is 10.6 Å². The third kappa shape index (κ3) is 3.70. The number of hydrogen-bond acceptors (Lipinski definition) is 3. The summed E-state index contributed by atoms with van der Waals surface area (Å²) in [4.78, 5) is 5.01. The van der Waals surface area contributed by atoms with Crippen LogP contribution in [0.2, 0.25) is 0 Å². The van der Waals surface area contributed by atoms with Crippen LogP contribution in [-0.2, 0) is 0 Å². The molecule has 4 nitrogen and oxygen atoms in total. The van der Waals surface area contributed by atoms with Gasteiger partial charge in [0.25, 0.3) is 0 Å². The number of nitrogens with zero attached hydrogens (tertiary/aromatic N) is 4. The molecular weight excluding hydrogens is 257 g/mol. The van der Waals surface area contributed by atoms with Crippen LogP contribution < -0.4 is 0 Å². The van der Waals surface area contributed by atoms with Crippen LogP contribution in [0.25, 0.3) is 0 Å². The van der Waals surface area contributed by atoms with E-state index in [9.17, 15) is 13.2 Å². The third-order valence-electron chi connectivity index (χ3n) is 2.24. The maximum atomic E-state index is 12.8. The van der Waals surface area contributed by atoms with Gasteiger partial charge < -0.3 is 4.90 Å². The number of allylic oxidation sites excluding steroid dienone is 2. The van der Waals surface area contributed by atoms with Gasteiger partial charge in [-0.15, -0.1) is 0 Å². The largest absolute Gasteiger partial charge is 0.451 e. The van der Waals surface area contributed by atoms with Crippen molar-refractivity contribution in [3.05, 3.63) is 36.2 Å². The normalized spacial score (nSPS) is 17.2. The Morgan fingerprint density at radius 2 is 2.11 bits per heavy atom. The van der Waals surface area contributed by atoms with Crippen LogP contribution in [-0.4, -0.2) is 49.3 Å². The summed E-state index contributed by atoms with van der Waals surface area (Å²) in [5, 5.41) is 4.35. The van der Waals surface area contributed by atoms with Crippen molar-refractivity contribution < 1.29 is 13.2 Å². The zero-order valence-electron chi connectivity index (χ0n) is 10.9. The molecule has 0 atom stereocenters. The lowest BCUT2D eigenvalue weighted by Crippen LogP contribution is -2.38. The highest BCUT2D eigenvalue weighted by molar-refractivity contribution is 5.92. The van der Waals surface area contributed by atoms with Crippen molar-refractivity contribution in [3.8, 4) is 0 Å². The minimum atomic E-state index is -4.58. The Morgan fingerprint density at radius 1 is 1.47 bits per heavy atom. The van der Waals surface area contributed by atoms with E-state index in [1.54, 1.807) is 23.3 Å². The summed E-state index contributed by atoms with van der Waals surface area (Å²) >= 11 is 0. The highest BCUT2D eigenvalue weighted by atomic mass is 19.4. The van der Waals surface area contributed by atoms with Crippen LogP contribution in [0.1, 0.15) is 0 Å². The predicted octanol–water partition coefficient (Wildman–Crippen LogP) is 2.39. The van der Waals surface area contributed by atoms with Crippen molar-refractivity contribution in [1.82, 2.24) is 9.91 Å². The maximum absolute atomic E-state index is 12.8. The number of hydrogen-bond donors (Lipinski definition) is 0. The van der Waals surface area contributed by atoms with Crippen molar-refractivity contribution in [2.75, 3.05) is 21.1 Å². The molecule has 0 bridgehead atoms. The van der Waals surface area contributed by atoms with Crippen LogP contribution >= 0.6 is 0 Å². The fourth-order valence-corrected chi connectivity index (χ4v) is 1.37. The highest BCUT2D eigenvalue weighted by Crippen LogP contribution is 2.27. The second-order valence-electron chi connectivity index (χ2n) is 3.97. The lowest BCUT2D eigenvalue weighted by atomic mass is 10.1. The Hall–Kier alpha value is -2.05. The first-order valence-electron chi connectivity index (χ1n) is 5.39. The van der Waals surface area contributed by atoms with Crippen LogP contribution in [0.3, 0.4) is 0 Å². The van der Waals surface area contributed by atoms with E-state index in [1.807, 2.05) is 14.1 Å². The van der Waals surface area contributed by atoms with Gasteiger partial charge in [0.1, 0.15) is 0 Å². The van der Waals surface area contributed by atoms with Gasteiger partial charge in [-0.25, -0.2) is 5.01 Å². The molecule has 0 saturated heterocycles. The molecule has 0 aromatic carbocycles. The zero-order chi connectivity index (χ0) is 14.6. The van der Waals surface area contributed by atoms with E-state index in [-0.39, 0.29) is 5.70 Å². The minimum Gasteiger partial charge on any atom is -0.383 e. The Balaban J connectivity index is 3.02. The molecule has 0 amide bonds. The molecule has 1 heterocycles. The smallest absolute Gasteiger partial charge is 0.383 e. The topological polar surface area (TPSA) is 31.2 Å². The lowest BCUT2D eigenvalue weighted by molar-refractivity contribution is -0.0673. The molecule has 7 heteroatoms.